The Hall–Kier alpha value is -2.15. The molecule has 0 radical (unpaired) electrons. The number of aliphatic carboxylic acids is 1. The van der Waals surface area contributed by atoms with Crippen LogP contribution in [0.25, 0.3) is 0 Å². The second-order valence-electron chi connectivity index (χ2n) is 3.24. The van der Waals surface area contributed by atoms with Gasteiger partial charge in [0.1, 0.15) is 5.82 Å². The molecule has 1 unspecified atom stereocenters. The van der Waals surface area contributed by atoms with Crippen LogP contribution in [0.15, 0.2) is 18.3 Å². The van der Waals surface area contributed by atoms with Crippen molar-refractivity contribution < 1.29 is 19.4 Å². The lowest BCUT2D eigenvalue weighted by molar-refractivity contribution is -0.147. The van der Waals surface area contributed by atoms with E-state index >= 15 is 0 Å². The molecule has 0 spiro atoms. The maximum absolute atomic E-state index is 10.9. The lowest BCUT2D eigenvalue weighted by Gasteiger charge is -2.12. The fraction of sp³-hybridized carbons (Fsp3) is 0.300. The number of hydrogen-bond acceptors (Lipinski definition) is 5. The van der Waals surface area contributed by atoms with Gasteiger partial charge in [0.05, 0.1) is 6.54 Å². The summed E-state index contributed by atoms with van der Waals surface area (Å²) in [5.74, 6) is -1.28. The highest BCUT2D eigenvalue weighted by Gasteiger charge is 2.15. The van der Waals surface area contributed by atoms with E-state index in [-0.39, 0.29) is 6.54 Å². The van der Waals surface area contributed by atoms with Gasteiger partial charge in [-0.25, -0.2) is 9.78 Å². The first kappa shape index (κ1) is 12.9. The zero-order chi connectivity index (χ0) is 12.8. The van der Waals surface area contributed by atoms with Gasteiger partial charge < -0.3 is 20.9 Å². The molecule has 7 heteroatoms. The highest BCUT2D eigenvalue weighted by molar-refractivity contribution is 5.93. The monoisotopic (exact) mass is 239 g/mol. The van der Waals surface area contributed by atoms with Gasteiger partial charge in [0.15, 0.2) is 6.10 Å². The Balaban J connectivity index is 2.66. The van der Waals surface area contributed by atoms with E-state index in [2.05, 4.69) is 10.3 Å². The number of methoxy groups -OCH3 is 1. The number of anilines is 1. The Bertz CT molecular complexity index is 422. The predicted molar refractivity (Wildman–Crippen MR) is 59.7 cm³/mol. The molecule has 4 N–H and O–H groups in total. The molecule has 1 amide bonds. The number of rotatable bonds is 6. The molecule has 17 heavy (non-hydrogen) atoms. The minimum atomic E-state index is -1.08. The number of aromatic nitrogens is 1. The van der Waals surface area contributed by atoms with Crippen LogP contribution in [-0.2, 0) is 9.53 Å². The van der Waals surface area contributed by atoms with E-state index < -0.39 is 18.0 Å². The SMILES string of the molecule is COC(CNc1cc(C(N)=O)ccn1)C(=O)O. The number of nitrogens with two attached hydrogens (primary N) is 1. The summed E-state index contributed by atoms with van der Waals surface area (Å²) in [5.41, 5.74) is 5.40. The molecule has 1 aromatic rings. The van der Waals surface area contributed by atoms with Crippen LogP contribution >= 0.6 is 0 Å². The molecular formula is C10H13N3O4. The van der Waals surface area contributed by atoms with Gasteiger partial charge in [-0.05, 0) is 12.1 Å². The summed E-state index contributed by atoms with van der Waals surface area (Å²) in [6.45, 7) is 0.0427. The number of hydrogen-bond donors (Lipinski definition) is 3. The fourth-order valence-corrected chi connectivity index (χ4v) is 1.15. The van der Waals surface area contributed by atoms with Crippen molar-refractivity contribution in [1.82, 2.24) is 4.98 Å². The van der Waals surface area contributed by atoms with Gasteiger partial charge in [0.2, 0.25) is 5.91 Å². The fourth-order valence-electron chi connectivity index (χ4n) is 1.15. The number of primary amides is 1. The van der Waals surface area contributed by atoms with Crippen LogP contribution in [0, 0.1) is 0 Å². The molecule has 1 atom stereocenters. The van der Waals surface area contributed by atoms with E-state index in [0.717, 1.165) is 0 Å². The number of carboxylic acid groups (broad SMARTS) is 1. The van der Waals surface area contributed by atoms with Crippen molar-refractivity contribution in [1.29, 1.82) is 0 Å². The summed E-state index contributed by atoms with van der Waals surface area (Å²) < 4.78 is 4.73. The summed E-state index contributed by atoms with van der Waals surface area (Å²) >= 11 is 0. The quantitative estimate of drug-likeness (QED) is 0.627. The van der Waals surface area contributed by atoms with Crippen LogP contribution in [0.1, 0.15) is 10.4 Å². The summed E-state index contributed by atoms with van der Waals surface area (Å²) in [5, 5.41) is 11.5. The molecule has 7 nitrogen and oxygen atoms in total. The number of ether oxygens (including phenoxy) is 1. The molecule has 0 fully saturated rings. The third kappa shape index (κ3) is 3.72. The second kappa shape index (κ2) is 5.80. The van der Waals surface area contributed by atoms with Crippen LogP contribution in [0.4, 0.5) is 5.82 Å². The van der Waals surface area contributed by atoms with Crippen LogP contribution in [-0.4, -0.2) is 41.7 Å². The standard InChI is InChI=1S/C10H13N3O4/c1-17-7(10(15)16)5-13-8-4-6(9(11)14)2-3-12-8/h2-4,7H,5H2,1H3,(H2,11,14)(H,12,13)(H,15,16). The molecule has 0 saturated heterocycles. The summed E-state index contributed by atoms with van der Waals surface area (Å²) in [4.78, 5) is 25.5. The minimum absolute atomic E-state index is 0.0427. The van der Waals surface area contributed by atoms with E-state index in [0.29, 0.717) is 11.4 Å². The Labute approximate surface area is 97.6 Å². The van der Waals surface area contributed by atoms with Crippen molar-refractivity contribution in [2.45, 2.75) is 6.10 Å². The first-order chi connectivity index (χ1) is 8.04. The zero-order valence-electron chi connectivity index (χ0n) is 9.21. The third-order valence-electron chi connectivity index (χ3n) is 2.07. The lowest BCUT2D eigenvalue weighted by Crippen LogP contribution is -2.30. The van der Waals surface area contributed by atoms with E-state index in [4.69, 9.17) is 15.6 Å². The molecule has 1 aromatic heterocycles. The van der Waals surface area contributed by atoms with Crippen LogP contribution in [0.2, 0.25) is 0 Å². The summed E-state index contributed by atoms with van der Waals surface area (Å²) in [7, 11) is 1.30. The van der Waals surface area contributed by atoms with Gasteiger partial charge in [-0.3, -0.25) is 4.79 Å². The first-order valence-electron chi connectivity index (χ1n) is 4.80. The largest absolute Gasteiger partial charge is 0.479 e. The Morgan fingerprint density at radius 1 is 1.65 bits per heavy atom. The number of nitrogens with one attached hydrogen (secondary N) is 1. The van der Waals surface area contributed by atoms with Crippen molar-refractivity contribution in [2.75, 3.05) is 19.0 Å². The molecule has 0 aliphatic rings. The Morgan fingerprint density at radius 2 is 2.35 bits per heavy atom. The zero-order valence-corrected chi connectivity index (χ0v) is 9.21. The molecule has 92 valence electrons. The maximum atomic E-state index is 10.9. The van der Waals surface area contributed by atoms with Gasteiger partial charge in [-0.15, -0.1) is 0 Å². The molecule has 0 aliphatic carbocycles. The number of carbonyl (C=O) groups is 2. The second-order valence-corrected chi connectivity index (χ2v) is 3.24. The van der Waals surface area contributed by atoms with E-state index in [9.17, 15) is 9.59 Å². The highest BCUT2D eigenvalue weighted by Crippen LogP contribution is 2.06. The smallest absolute Gasteiger partial charge is 0.334 e. The molecular weight excluding hydrogens is 226 g/mol. The minimum Gasteiger partial charge on any atom is -0.479 e. The van der Waals surface area contributed by atoms with Crippen molar-refractivity contribution in [3.8, 4) is 0 Å². The number of carbonyl (C=O) groups excluding carboxylic acids is 1. The number of nitrogens with zero attached hydrogens (tertiary/aromatic N) is 1. The van der Waals surface area contributed by atoms with E-state index in [1.54, 1.807) is 0 Å². The molecule has 1 heterocycles. The summed E-state index contributed by atoms with van der Waals surface area (Å²) in [6.07, 6.45) is 0.430. The highest BCUT2D eigenvalue weighted by atomic mass is 16.5. The predicted octanol–water partition coefficient (Wildman–Crippen LogP) is -0.308. The van der Waals surface area contributed by atoms with Crippen molar-refractivity contribution in [3.05, 3.63) is 23.9 Å². The van der Waals surface area contributed by atoms with Gasteiger partial charge in [0, 0.05) is 18.9 Å². The molecule has 0 saturated carbocycles. The van der Waals surface area contributed by atoms with E-state index in [1.807, 2.05) is 0 Å². The topological polar surface area (TPSA) is 115 Å². The Morgan fingerprint density at radius 3 is 2.88 bits per heavy atom. The van der Waals surface area contributed by atoms with Crippen molar-refractivity contribution in [3.63, 3.8) is 0 Å². The van der Waals surface area contributed by atoms with E-state index in [1.165, 1.54) is 25.4 Å². The van der Waals surface area contributed by atoms with Crippen LogP contribution < -0.4 is 11.1 Å². The van der Waals surface area contributed by atoms with Gasteiger partial charge in [0.25, 0.3) is 0 Å². The van der Waals surface area contributed by atoms with Gasteiger partial charge >= 0.3 is 5.97 Å². The molecule has 1 rings (SSSR count). The third-order valence-corrected chi connectivity index (χ3v) is 2.07. The maximum Gasteiger partial charge on any atom is 0.334 e. The average Bonchev–Trinajstić information content (AvgIpc) is 2.29. The normalized spacial score (nSPS) is 11.8. The Kier molecular flexibility index (Phi) is 4.41. The number of carboxylic acids is 1. The van der Waals surface area contributed by atoms with Gasteiger partial charge in [-0.2, -0.15) is 0 Å². The number of amides is 1. The van der Waals surface area contributed by atoms with Crippen LogP contribution in [0.5, 0.6) is 0 Å². The van der Waals surface area contributed by atoms with Crippen molar-refractivity contribution >= 4 is 17.7 Å². The molecule has 0 aliphatic heterocycles. The molecule has 0 bridgehead atoms. The summed E-state index contributed by atoms with van der Waals surface area (Å²) in [6, 6.07) is 2.91. The number of pyridine rings is 1. The van der Waals surface area contributed by atoms with Crippen LogP contribution in [0.3, 0.4) is 0 Å². The van der Waals surface area contributed by atoms with Gasteiger partial charge in [-0.1, -0.05) is 0 Å². The first-order valence-corrected chi connectivity index (χ1v) is 4.80. The average molecular weight is 239 g/mol. The lowest BCUT2D eigenvalue weighted by atomic mass is 10.2. The van der Waals surface area contributed by atoms with Crippen molar-refractivity contribution in [2.24, 2.45) is 5.73 Å². The molecule has 0 aromatic carbocycles.